The summed E-state index contributed by atoms with van der Waals surface area (Å²) in [6.45, 7) is 0.881. The number of piperidine rings is 1. The quantitative estimate of drug-likeness (QED) is 0.946. The molecule has 0 bridgehead atoms. The van der Waals surface area contributed by atoms with Crippen LogP contribution in [0.4, 0.5) is 0 Å². The third kappa shape index (κ3) is 2.90. The van der Waals surface area contributed by atoms with E-state index < -0.39 is 0 Å². The van der Waals surface area contributed by atoms with Crippen molar-refractivity contribution in [3.8, 4) is 11.1 Å². The third-order valence-electron chi connectivity index (χ3n) is 4.41. The highest BCUT2D eigenvalue weighted by Crippen LogP contribution is 2.32. The lowest BCUT2D eigenvalue weighted by molar-refractivity contribution is -0.123. The van der Waals surface area contributed by atoms with Crippen molar-refractivity contribution in [3.05, 3.63) is 66.6 Å². The molecule has 0 unspecified atom stereocenters. The smallest absolute Gasteiger partial charge is 0.235 e. The normalized spacial score (nSPS) is 22.4. The number of nitrogens with two attached hydrogens (primary N) is 1. The maximum Gasteiger partial charge on any atom is 0.235 e. The van der Waals surface area contributed by atoms with Crippen LogP contribution >= 0.6 is 0 Å². The molecule has 0 saturated carbocycles. The molecule has 1 fully saturated rings. The molecule has 2 aromatic carbocycles. The molecule has 0 spiro atoms. The summed E-state index contributed by atoms with van der Waals surface area (Å²) < 4.78 is 0. The van der Waals surface area contributed by atoms with E-state index in [1.807, 2.05) is 25.2 Å². The van der Waals surface area contributed by atoms with Gasteiger partial charge in [0.1, 0.15) is 0 Å². The van der Waals surface area contributed by atoms with Gasteiger partial charge in [-0.25, -0.2) is 0 Å². The summed E-state index contributed by atoms with van der Waals surface area (Å²) in [6, 6.07) is 18.5. The summed E-state index contributed by atoms with van der Waals surface area (Å²) in [4.78, 5) is 13.9. The van der Waals surface area contributed by atoms with Crippen molar-refractivity contribution in [1.29, 1.82) is 0 Å². The highest BCUT2D eigenvalue weighted by atomic mass is 16.1. The van der Waals surface area contributed by atoms with Crippen molar-refractivity contribution in [2.75, 3.05) is 13.6 Å². The van der Waals surface area contributed by atoms with Gasteiger partial charge in [-0.1, -0.05) is 54.6 Å². The predicted molar refractivity (Wildman–Crippen MR) is 89.1 cm³/mol. The van der Waals surface area contributed by atoms with E-state index in [2.05, 4.69) is 47.7 Å². The van der Waals surface area contributed by atoms with Crippen LogP contribution in [0.3, 0.4) is 0 Å². The number of nitrogens with zero attached hydrogens (tertiary/aromatic N) is 1. The molecule has 1 amide bonds. The lowest BCUT2D eigenvalue weighted by atomic mass is 9.83. The zero-order valence-electron chi connectivity index (χ0n) is 12.8. The van der Waals surface area contributed by atoms with Crippen LogP contribution in [-0.4, -0.2) is 30.4 Å². The first-order chi connectivity index (χ1) is 10.7. The van der Waals surface area contributed by atoms with Gasteiger partial charge in [0.05, 0.1) is 6.04 Å². The highest BCUT2D eigenvalue weighted by Gasteiger charge is 2.34. The number of hydrogen-bond donors (Lipinski definition) is 1. The number of primary amides is 1. The molecular formula is C19H21N2O. The van der Waals surface area contributed by atoms with Gasteiger partial charge in [0, 0.05) is 5.92 Å². The standard InChI is InChI=1S/C19H21N2O/c1-21-13-5-8-17(18(21)19(20)22)16-11-9-15(10-12-16)14-6-3-2-4-7-14/h2-4,6-12,17-18H,5,13H2,1H3,(H2,20,22)/t17-,18+/m1/s1. The number of likely N-dealkylation sites (tertiary alicyclic amines) is 1. The second-order valence-electron chi connectivity index (χ2n) is 5.87. The molecule has 0 aliphatic carbocycles. The second-order valence-corrected chi connectivity index (χ2v) is 5.87. The molecule has 2 N–H and O–H groups in total. The summed E-state index contributed by atoms with van der Waals surface area (Å²) >= 11 is 0. The van der Waals surface area contributed by atoms with Crippen LogP contribution in [-0.2, 0) is 4.79 Å². The Hall–Kier alpha value is -2.13. The number of rotatable bonds is 3. The van der Waals surface area contributed by atoms with E-state index in [0.717, 1.165) is 18.5 Å². The van der Waals surface area contributed by atoms with Gasteiger partial charge in [0.25, 0.3) is 0 Å². The first kappa shape index (κ1) is 14.8. The summed E-state index contributed by atoms with van der Waals surface area (Å²) in [5.74, 6) is -0.184. The molecule has 0 aromatic heterocycles. The minimum atomic E-state index is -0.254. The Morgan fingerprint density at radius 2 is 1.68 bits per heavy atom. The number of likely N-dealkylation sites (N-methyl/N-ethyl adjacent to an activating group) is 1. The molecule has 113 valence electrons. The molecule has 3 rings (SSSR count). The molecule has 3 nitrogen and oxygen atoms in total. The van der Waals surface area contributed by atoms with Crippen molar-refractivity contribution in [1.82, 2.24) is 4.90 Å². The van der Waals surface area contributed by atoms with Crippen LogP contribution in [0.1, 0.15) is 17.9 Å². The zero-order chi connectivity index (χ0) is 15.5. The Balaban J connectivity index is 1.87. The fourth-order valence-corrected chi connectivity index (χ4v) is 3.24. The fourth-order valence-electron chi connectivity index (χ4n) is 3.24. The lowest BCUT2D eigenvalue weighted by Gasteiger charge is -2.37. The van der Waals surface area contributed by atoms with Crippen LogP contribution < -0.4 is 5.73 Å². The van der Waals surface area contributed by atoms with Crippen molar-refractivity contribution in [2.24, 2.45) is 5.73 Å². The van der Waals surface area contributed by atoms with Gasteiger partial charge in [0.2, 0.25) is 5.91 Å². The molecule has 1 aliphatic heterocycles. The van der Waals surface area contributed by atoms with Crippen molar-refractivity contribution < 1.29 is 4.79 Å². The van der Waals surface area contributed by atoms with Crippen LogP contribution in [0.2, 0.25) is 0 Å². The van der Waals surface area contributed by atoms with Crippen molar-refractivity contribution >= 4 is 5.91 Å². The minimum Gasteiger partial charge on any atom is -0.368 e. The molecule has 1 heterocycles. The molecule has 1 aliphatic rings. The van der Waals surface area contributed by atoms with Gasteiger partial charge < -0.3 is 5.73 Å². The van der Waals surface area contributed by atoms with Crippen molar-refractivity contribution in [2.45, 2.75) is 18.4 Å². The number of hydrogen-bond acceptors (Lipinski definition) is 2. The maximum atomic E-state index is 11.8. The van der Waals surface area contributed by atoms with Crippen LogP contribution in [0, 0.1) is 6.42 Å². The van der Waals surface area contributed by atoms with Gasteiger partial charge in [-0.2, -0.15) is 0 Å². The summed E-state index contributed by atoms with van der Waals surface area (Å²) in [6.07, 6.45) is 3.19. The number of carbonyl (C=O) groups is 1. The predicted octanol–water partition coefficient (Wildman–Crippen LogP) is 2.83. The third-order valence-corrected chi connectivity index (χ3v) is 4.41. The molecule has 3 heteroatoms. The molecule has 1 saturated heterocycles. The first-order valence-electron chi connectivity index (χ1n) is 7.65. The monoisotopic (exact) mass is 293 g/mol. The highest BCUT2D eigenvalue weighted by molar-refractivity contribution is 5.81. The maximum absolute atomic E-state index is 11.8. The Morgan fingerprint density at radius 3 is 2.32 bits per heavy atom. The van der Waals surface area contributed by atoms with Crippen LogP contribution in [0.25, 0.3) is 11.1 Å². The molecule has 2 atom stereocenters. The number of carbonyl (C=O) groups excluding carboxylic acids is 1. The Labute approximate surface area is 131 Å². The van der Waals surface area contributed by atoms with E-state index in [4.69, 9.17) is 5.73 Å². The van der Waals surface area contributed by atoms with E-state index in [-0.39, 0.29) is 17.9 Å². The largest absolute Gasteiger partial charge is 0.368 e. The van der Waals surface area contributed by atoms with E-state index in [1.54, 1.807) is 0 Å². The Kier molecular flexibility index (Phi) is 4.25. The minimum absolute atomic E-state index is 0.0704. The SMILES string of the molecule is CN1CC[CH][C@H](c2ccc(-c3ccccc3)cc2)[C@H]1C(N)=O. The van der Waals surface area contributed by atoms with Gasteiger partial charge in [-0.05, 0) is 43.1 Å². The van der Waals surface area contributed by atoms with E-state index >= 15 is 0 Å². The number of benzene rings is 2. The average Bonchev–Trinajstić information content (AvgIpc) is 2.55. The van der Waals surface area contributed by atoms with Crippen LogP contribution in [0.15, 0.2) is 54.6 Å². The summed E-state index contributed by atoms with van der Waals surface area (Å²) in [7, 11) is 1.97. The van der Waals surface area contributed by atoms with Gasteiger partial charge in [-0.15, -0.1) is 0 Å². The van der Waals surface area contributed by atoms with Crippen LogP contribution in [0.5, 0.6) is 0 Å². The van der Waals surface area contributed by atoms with Gasteiger partial charge >= 0.3 is 0 Å². The fraction of sp³-hybridized carbons (Fsp3) is 0.263. The molecule has 1 radical (unpaired) electrons. The topological polar surface area (TPSA) is 46.3 Å². The Morgan fingerprint density at radius 1 is 1.05 bits per heavy atom. The Bertz CT molecular complexity index is 636. The first-order valence-corrected chi connectivity index (χ1v) is 7.65. The molecule has 22 heavy (non-hydrogen) atoms. The van der Waals surface area contributed by atoms with E-state index in [1.165, 1.54) is 11.1 Å². The lowest BCUT2D eigenvalue weighted by Crippen LogP contribution is -2.49. The second kappa shape index (κ2) is 6.32. The average molecular weight is 293 g/mol. The van der Waals surface area contributed by atoms with Crippen molar-refractivity contribution in [3.63, 3.8) is 0 Å². The summed E-state index contributed by atoms with van der Waals surface area (Å²) in [5, 5.41) is 0. The van der Waals surface area contributed by atoms with Gasteiger partial charge in [-0.3, -0.25) is 9.69 Å². The number of amides is 1. The van der Waals surface area contributed by atoms with Gasteiger partial charge in [0.15, 0.2) is 0 Å². The molecular weight excluding hydrogens is 272 g/mol. The van der Waals surface area contributed by atoms with E-state index in [9.17, 15) is 4.79 Å². The molecule has 2 aromatic rings. The summed E-state index contributed by atoms with van der Waals surface area (Å²) in [5.41, 5.74) is 9.14. The zero-order valence-corrected chi connectivity index (χ0v) is 12.8. The van der Waals surface area contributed by atoms with E-state index in [0.29, 0.717) is 0 Å².